The minimum atomic E-state index is -6.00. The number of quaternary nitrogens is 1. The van der Waals surface area contributed by atoms with Crippen molar-refractivity contribution in [3.05, 3.63) is 0 Å². The molecule has 0 spiro atoms. The summed E-state index contributed by atoms with van der Waals surface area (Å²) in [5.74, 6) is 0. The van der Waals surface area contributed by atoms with Gasteiger partial charge in [0, 0.05) is 6.61 Å². The minimum absolute atomic E-state index is 0.886. The average Bonchev–Trinajstić information content (AvgIpc) is 1.93. The van der Waals surface area contributed by atoms with Crippen molar-refractivity contribution in [2.45, 2.75) is 13.3 Å². The number of rotatable bonds is 5. The van der Waals surface area contributed by atoms with Crippen molar-refractivity contribution < 1.29 is 26.5 Å². The zero-order chi connectivity index (χ0) is 12.5. The van der Waals surface area contributed by atoms with Gasteiger partial charge in [0.2, 0.25) is 0 Å². The second-order valence-electron chi connectivity index (χ2n) is 4.12. The first-order valence-corrected chi connectivity index (χ1v) is 4.82. The zero-order valence-corrected chi connectivity index (χ0v) is 9.77. The fourth-order valence-corrected chi connectivity index (χ4v) is 0.585. The summed E-state index contributed by atoms with van der Waals surface area (Å²) < 4.78 is 45.3. The lowest BCUT2D eigenvalue weighted by atomic mass is 10.3. The van der Waals surface area contributed by atoms with E-state index in [1.54, 1.807) is 0 Å². The van der Waals surface area contributed by atoms with Crippen LogP contribution in [0.1, 0.15) is 13.3 Å². The first kappa shape index (κ1) is 17.1. The Hall–Kier alpha value is -0.295. The van der Waals surface area contributed by atoms with E-state index in [0.29, 0.717) is 0 Å². The van der Waals surface area contributed by atoms with Crippen LogP contribution in [-0.4, -0.2) is 52.6 Å². The van der Waals surface area contributed by atoms with E-state index >= 15 is 0 Å². The molecule has 0 aromatic rings. The molecule has 0 bridgehead atoms. The van der Waals surface area contributed by atoms with E-state index in [-0.39, 0.29) is 0 Å². The van der Waals surface area contributed by atoms with Crippen LogP contribution in [0.2, 0.25) is 0 Å². The van der Waals surface area contributed by atoms with Gasteiger partial charge in [-0.25, -0.2) is 0 Å². The quantitative estimate of drug-likeness (QED) is 0.306. The maximum absolute atomic E-state index is 9.75. The first-order chi connectivity index (χ1) is 6.56. The Bertz CT molecular complexity index is 141. The van der Waals surface area contributed by atoms with E-state index in [4.69, 9.17) is 4.74 Å². The largest absolute Gasteiger partial charge is 0.673 e. The highest BCUT2D eigenvalue weighted by molar-refractivity contribution is 6.50. The normalized spacial score (nSPS) is 12.0. The van der Waals surface area contributed by atoms with Crippen LogP contribution < -0.4 is 0 Å². The van der Waals surface area contributed by atoms with E-state index in [0.717, 1.165) is 30.7 Å². The second-order valence-corrected chi connectivity index (χ2v) is 4.12. The molecule has 0 heterocycles. The van der Waals surface area contributed by atoms with Gasteiger partial charge in [-0.05, 0) is 6.42 Å². The second kappa shape index (κ2) is 7.93. The van der Waals surface area contributed by atoms with Crippen molar-refractivity contribution >= 4 is 7.25 Å². The van der Waals surface area contributed by atoms with Crippen LogP contribution in [0, 0.1) is 0 Å². The van der Waals surface area contributed by atoms with Crippen molar-refractivity contribution in [3.63, 3.8) is 0 Å². The molecule has 15 heavy (non-hydrogen) atoms. The summed E-state index contributed by atoms with van der Waals surface area (Å²) in [6.45, 7) is 5.02. The molecule has 0 aliphatic rings. The fourth-order valence-electron chi connectivity index (χ4n) is 0.585. The Morgan fingerprint density at radius 2 is 1.40 bits per heavy atom. The van der Waals surface area contributed by atoms with Crippen LogP contribution in [0.25, 0.3) is 0 Å². The van der Waals surface area contributed by atoms with Gasteiger partial charge in [-0.15, -0.1) is 0 Å². The highest BCUT2D eigenvalue weighted by Gasteiger charge is 2.20. The maximum Gasteiger partial charge on any atom is 0.673 e. The predicted octanol–water partition coefficient (Wildman–Crippen LogP) is 2.42. The molecule has 0 fully saturated rings. The van der Waals surface area contributed by atoms with Gasteiger partial charge in [-0.3, -0.25) is 0 Å². The lowest BCUT2D eigenvalue weighted by Gasteiger charge is -2.23. The molecule has 0 saturated carbocycles. The van der Waals surface area contributed by atoms with E-state index in [2.05, 4.69) is 28.1 Å². The van der Waals surface area contributed by atoms with Gasteiger partial charge in [-0.1, -0.05) is 6.92 Å². The maximum atomic E-state index is 9.75. The van der Waals surface area contributed by atoms with Gasteiger partial charge in [0.05, 0.1) is 27.7 Å². The molecule has 0 amide bonds. The molecular weight excluding hydrogens is 213 g/mol. The molecule has 0 N–H and O–H groups in total. The van der Waals surface area contributed by atoms with Crippen LogP contribution in [-0.2, 0) is 4.74 Å². The molecule has 7 heteroatoms. The highest BCUT2D eigenvalue weighted by Crippen LogP contribution is 2.06. The van der Waals surface area contributed by atoms with Gasteiger partial charge in [0.1, 0.15) is 6.54 Å². The Labute approximate surface area is 88.9 Å². The van der Waals surface area contributed by atoms with Crippen molar-refractivity contribution in [2.75, 3.05) is 40.9 Å². The molecule has 0 rings (SSSR count). The van der Waals surface area contributed by atoms with E-state index in [1.807, 2.05) is 0 Å². The summed E-state index contributed by atoms with van der Waals surface area (Å²) in [7, 11) is 0.528. The molecule has 0 aromatic heterocycles. The molecule has 94 valence electrons. The van der Waals surface area contributed by atoms with Gasteiger partial charge in [0.15, 0.2) is 0 Å². The van der Waals surface area contributed by atoms with Crippen LogP contribution in [0.15, 0.2) is 0 Å². The smallest absolute Gasteiger partial charge is 0.418 e. The zero-order valence-electron chi connectivity index (χ0n) is 9.77. The Morgan fingerprint density at radius 3 is 1.67 bits per heavy atom. The number of hydrogen-bond donors (Lipinski definition) is 0. The van der Waals surface area contributed by atoms with Gasteiger partial charge in [0.25, 0.3) is 0 Å². The topological polar surface area (TPSA) is 9.23 Å². The standard InChI is InChI=1S/C8H20NO.BF4/c1-5-7-10-8-6-9(2,3)4;2-1(3,4)5/h5-8H2,1-4H3;/q+1;-1. The van der Waals surface area contributed by atoms with Crippen LogP contribution in [0.3, 0.4) is 0 Å². The molecule has 0 saturated heterocycles. The van der Waals surface area contributed by atoms with E-state index < -0.39 is 7.25 Å². The van der Waals surface area contributed by atoms with Crippen LogP contribution >= 0.6 is 0 Å². The SMILES string of the molecule is CCCOCC[N+](C)(C)C.F[B-](F)(F)F. The minimum Gasteiger partial charge on any atom is -0.418 e. The lowest BCUT2D eigenvalue weighted by Crippen LogP contribution is -2.37. The highest BCUT2D eigenvalue weighted by atomic mass is 19.5. The molecule has 2 nitrogen and oxygen atoms in total. The lowest BCUT2D eigenvalue weighted by molar-refractivity contribution is -0.870. The van der Waals surface area contributed by atoms with Crippen molar-refractivity contribution in [2.24, 2.45) is 0 Å². The summed E-state index contributed by atoms with van der Waals surface area (Å²) in [5.41, 5.74) is 0. The van der Waals surface area contributed by atoms with Gasteiger partial charge < -0.3 is 26.5 Å². The van der Waals surface area contributed by atoms with Crippen LogP contribution in [0.4, 0.5) is 17.3 Å². The molecule has 0 unspecified atom stereocenters. The third-order valence-corrected chi connectivity index (χ3v) is 1.25. The third kappa shape index (κ3) is 41.8. The average molecular weight is 233 g/mol. The summed E-state index contributed by atoms with van der Waals surface area (Å²) >= 11 is 0. The molecule has 0 atom stereocenters. The van der Waals surface area contributed by atoms with Gasteiger partial charge in [-0.2, -0.15) is 0 Å². The van der Waals surface area contributed by atoms with Crippen molar-refractivity contribution in [3.8, 4) is 0 Å². The van der Waals surface area contributed by atoms with E-state index in [1.165, 1.54) is 0 Å². The Balaban J connectivity index is 0. The van der Waals surface area contributed by atoms with E-state index in [9.17, 15) is 17.3 Å². The molecule has 0 radical (unpaired) electrons. The monoisotopic (exact) mass is 233 g/mol. The molecule has 0 aliphatic heterocycles. The number of halogens is 4. The van der Waals surface area contributed by atoms with Crippen molar-refractivity contribution in [1.29, 1.82) is 0 Å². The summed E-state index contributed by atoms with van der Waals surface area (Å²) in [6.07, 6.45) is 1.12. The first-order valence-electron chi connectivity index (χ1n) is 4.82. The summed E-state index contributed by atoms with van der Waals surface area (Å²) in [4.78, 5) is 0. The number of hydrogen-bond acceptors (Lipinski definition) is 1. The summed E-state index contributed by atoms with van der Waals surface area (Å²) in [5, 5.41) is 0. The molecule has 0 aliphatic carbocycles. The summed E-state index contributed by atoms with van der Waals surface area (Å²) in [6, 6.07) is 0. The molecule has 0 aromatic carbocycles. The predicted molar refractivity (Wildman–Crippen MR) is 54.2 cm³/mol. The van der Waals surface area contributed by atoms with Crippen LogP contribution in [0.5, 0.6) is 0 Å². The molecular formula is C8H20BF4NO. The number of ether oxygens (including phenoxy) is 1. The fraction of sp³-hybridized carbons (Fsp3) is 1.00. The third-order valence-electron chi connectivity index (χ3n) is 1.25. The van der Waals surface area contributed by atoms with Gasteiger partial charge >= 0.3 is 7.25 Å². The Morgan fingerprint density at radius 1 is 1.00 bits per heavy atom. The Kier molecular flexibility index (Phi) is 9.04. The number of nitrogens with zero attached hydrogens (tertiary/aromatic N) is 1. The van der Waals surface area contributed by atoms with Crippen molar-refractivity contribution in [1.82, 2.24) is 0 Å². The number of likely N-dealkylation sites (N-methyl/N-ethyl adjacent to an activating group) is 1.